The number of nitrogens with one attached hydrogen (secondary N) is 1. The summed E-state index contributed by atoms with van der Waals surface area (Å²) in [4.78, 5) is 0. The molecule has 0 saturated heterocycles. The zero-order chi connectivity index (χ0) is 9.26. The second-order valence-corrected chi connectivity index (χ2v) is 4.01. The van der Waals surface area contributed by atoms with E-state index >= 15 is 0 Å². The van der Waals surface area contributed by atoms with Crippen molar-refractivity contribution < 1.29 is 4.42 Å². The Morgan fingerprint density at radius 1 is 1.69 bits per heavy atom. The van der Waals surface area contributed by atoms with Crippen molar-refractivity contribution in [1.82, 2.24) is 5.32 Å². The number of halogens is 1. The maximum absolute atomic E-state index is 5.91. The van der Waals surface area contributed by atoms with Gasteiger partial charge >= 0.3 is 0 Å². The first-order chi connectivity index (χ1) is 6.31. The van der Waals surface area contributed by atoms with Crippen LogP contribution in [0.4, 0.5) is 0 Å². The first-order valence-electron chi connectivity index (χ1n) is 4.71. The van der Waals surface area contributed by atoms with Gasteiger partial charge in [0.25, 0.3) is 0 Å². The molecule has 3 heteroatoms. The highest BCUT2D eigenvalue weighted by Gasteiger charge is 2.27. The molecule has 0 aliphatic heterocycles. The third kappa shape index (κ3) is 2.06. The Kier molecular flexibility index (Phi) is 2.61. The summed E-state index contributed by atoms with van der Waals surface area (Å²) in [5, 5.41) is 3.80. The quantitative estimate of drug-likeness (QED) is 0.807. The van der Waals surface area contributed by atoms with Crippen molar-refractivity contribution in [3.8, 4) is 0 Å². The fraction of sp³-hybridized carbons (Fsp3) is 0.600. The summed E-state index contributed by atoms with van der Waals surface area (Å²) in [6.07, 6.45) is 5.56. The summed E-state index contributed by atoms with van der Waals surface area (Å²) in [5.41, 5.74) is 1.09. The molecular formula is C10H14ClNO. The molecule has 1 heterocycles. The van der Waals surface area contributed by atoms with E-state index in [1.807, 2.05) is 13.1 Å². The number of hydrogen-bond donors (Lipinski definition) is 1. The molecule has 0 spiro atoms. The van der Waals surface area contributed by atoms with Gasteiger partial charge in [0, 0.05) is 11.6 Å². The summed E-state index contributed by atoms with van der Waals surface area (Å²) in [6, 6.07) is 2.31. The normalized spacial score (nSPS) is 18.9. The van der Waals surface area contributed by atoms with E-state index in [-0.39, 0.29) is 0 Å². The maximum Gasteiger partial charge on any atom is 0.197 e. The molecule has 1 aromatic rings. The van der Waals surface area contributed by atoms with Crippen LogP contribution in [0.2, 0.25) is 5.22 Å². The van der Waals surface area contributed by atoms with Crippen LogP contribution in [-0.4, -0.2) is 7.05 Å². The Hall–Kier alpha value is -0.470. The predicted octanol–water partition coefficient (Wildman–Crippen LogP) is 2.99. The van der Waals surface area contributed by atoms with Crippen LogP contribution in [0.1, 0.15) is 30.9 Å². The first-order valence-corrected chi connectivity index (χ1v) is 5.09. The molecule has 2 rings (SSSR count). The molecule has 1 aliphatic carbocycles. The van der Waals surface area contributed by atoms with Crippen LogP contribution in [0.3, 0.4) is 0 Å². The van der Waals surface area contributed by atoms with Crippen molar-refractivity contribution in [2.75, 3.05) is 7.05 Å². The molecule has 2 nitrogen and oxygen atoms in total. The van der Waals surface area contributed by atoms with E-state index in [1.54, 1.807) is 6.26 Å². The van der Waals surface area contributed by atoms with E-state index in [0.717, 1.165) is 11.5 Å². The van der Waals surface area contributed by atoms with Crippen LogP contribution < -0.4 is 5.32 Å². The second-order valence-electron chi connectivity index (χ2n) is 3.67. The van der Waals surface area contributed by atoms with Gasteiger partial charge in [-0.3, -0.25) is 0 Å². The van der Waals surface area contributed by atoms with Crippen molar-refractivity contribution in [1.29, 1.82) is 0 Å². The lowest BCUT2D eigenvalue weighted by Crippen LogP contribution is -2.16. The van der Waals surface area contributed by atoms with E-state index in [9.17, 15) is 0 Å². The van der Waals surface area contributed by atoms with Crippen molar-refractivity contribution in [3.05, 3.63) is 23.1 Å². The smallest absolute Gasteiger partial charge is 0.197 e. The van der Waals surface area contributed by atoms with E-state index in [0.29, 0.717) is 11.3 Å². The van der Waals surface area contributed by atoms with Gasteiger partial charge in [-0.25, -0.2) is 0 Å². The highest BCUT2D eigenvalue weighted by Crippen LogP contribution is 2.39. The molecule has 1 aliphatic rings. The van der Waals surface area contributed by atoms with Crippen molar-refractivity contribution in [2.45, 2.75) is 25.3 Å². The monoisotopic (exact) mass is 199 g/mol. The fourth-order valence-corrected chi connectivity index (χ4v) is 1.89. The topological polar surface area (TPSA) is 25.2 Å². The van der Waals surface area contributed by atoms with Crippen LogP contribution in [0.5, 0.6) is 0 Å². The Bertz CT molecular complexity index is 280. The molecule has 13 heavy (non-hydrogen) atoms. The summed E-state index contributed by atoms with van der Waals surface area (Å²) in [6.45, 7) is 0. The van der Waals surface area contributed by atoms with E-state index in [1.165, 1.54) is 19.3 Å². The molecule has 0 bridgehead atoms. The lowest BCUT2D eigenvalue weighted by Gasteiger charge is -2.13. The molecule has 0 radical (unpaired) electrons. The molecular weight excluding hydrogens is 186 g/mol. The highest BCUT2D eigenvalue weighted by molar-refractivity contribution is 6.29. The van der Waals surface area contributed by atoms with Gasteiger partial charge in [-0.1, -0.05) is 12.8 Å². The average molecular weight is 200 g/mol. The SMILES string of the molecule is CNC(CC1CC1)c1ccoc1Cl. The molecule has 1 N–H and O–H groups in total. The molecule has 0 amide bonds. The van der Waals surface area contributed by atoms with Gasteiger partial charge in [-0.2, -0.15) is 0 Å². The second kappa shape index (κ2) is 3.72. The van der Waals surface area contributed by atoms with E-state index < -0.39 is 0 Å². The third-order valence-electron chi connectivity index (χ3n) is 2.64. The largest absolute Gasteiger partial charge is 0.453 e. The zero-order valence-corrected chi connectivity index (χ0v) is 8.47. The van der Waals surface area contributed by atoms with Crippen LogP contribution in [0, 0.1) is 5.92 Å². The number of rotatable bonds is 4. The van der Waals surface area contributed by atoms with Crippen LogP contribution in [-0.2, 0) is 0 Å². The Morgan fingerprint density at radius 3 is 2.92 bits per heavy atom. The van der Waals surface area contributed by atoms with Crippen molar-refractivity contribution >= 4 is 11.6 Å². The van der Waals surface area contributed by atoms with Crippen LogP contribution in [0.25, 0.3) is 0 Å². The van der Waals surface area contributed by atoms with Crippen molar-refractivity contribution in [2.24, 2.45) is 5.92 Å². The number of hydrogen-bond acceptors (Lipinski definition) is 2. The lowest BCUT2D eigenvalue weighted by molar-refractivity contribution is 0.501. The van der Waals surface area contributed by atoms with Gasteiger partial charge in [0.05, 0.1) is 6.26 Å². The minimum Gasteiger partial charge on any atom is -0.453 e. The van der Waals surface area contributed by atoms with E-state index in [4.69, 9.17) is 16.0 Å². The summed E-state index contributed by atoms with van der Waals surface area (Å²) < 4.78 is 5.07. The number of furan rings is 1. The summed E-state index contributed by atoms with van der Waals surface area (Å²) in [5.74, 6) is 0.892. The van der Waals surface area contributed by atoms with E-state index in [2.05, 4.69) is 5.32 Å². The molecule has 1 atom stereocenters. The summed E-state index contributed by atoms with van der Waals surface area (Å²) in [7, 11) is 1.97. The molecule has 0 aromatic carbocycles. The van der Waals surface area contributed by atoms with Gasteiger partial charge in [0.2, 0.25) is 0 Å². The Balaban J connectivity index is 2.06. The van der Waals surface area contributed by atoms with Crippen molar-refractivity contribution in [3.63, 3.8) is 0 Å². The maximum atomic E-state index is 5.91. The van der Waals surface area contributed by atoms with Gasteiger partial charge in [0.1, 0.15) is 0 Å². The molecule has 1 fully saturated rings. The van der Waals surface area contributed by atoms with Gasteiger partial charge in [-0.05, 0) is 37.1 Å². The third-order valence-corrected chi connectivity index (χ3v) is 2.94. The molecule has 1 unspecified atom stereocenters. The highest BCUT2D eigenvalue weighted by atomic mass is 35.5. The van der Waals surface area contributed by atoms with Gasteiger partial charge in [0.15, 0.2) is 5.22 Å². The first kappa shape index (κ1) is 9.10. The minimum atomic E-state index is 0.360. The van der Waals surface area contributed by atoms with Gasteiger partial charge in [-0.15, -0.1) is 0 Å². The van der Waals surface area contributed by atoms with Gasteiger partial charge < -0.3 is 9.73 Å². The van der Waals surface area contributed by atoms with Crippen LogP contribution >= 0.6 is 11.6 Å². The standard InChI is InChI=1S/C10H14ClNO/c1-12-9(6-7-2-3-7)8-4-5-13-10(8)11/h4-5,7,9,12H,2-3,6H2,1H3. The predicted molar refractivity (Wildman–Crippen MR) is 52.9 cm³/mol. The molecule has 1 aromatic heterocycles. The molecule has 72 valence electrons. The fourth-order valence-electron chi connectivity index (χ4n) is 1.64. The Morgan fingerprint density at radius 2 is 2.46 bits per heavy atom. The minimum absolute atomic E-state index is 0.360. The summed E-state index contributed by atoms with van der Waals surface area (Å²) >= 11 is 5.91. The average Bonchev–Trinajstić information content (AvgIpc) is 2.85. The lowest BCUT2D eigenvalue weighted by atomic mass is 10.0. The van der Waals surface area contributed by atoms with Crippen LogP contribution in [0.15, 0.2) is 16.7 Å². The molecule has 1 saturated carbocycles. The Labute approximate surface area is 83.3 Å². The zero-order valence-electron chi connectivity index (χ0n) is 7.72.